The minimum atomic E-state index is 0.104. The molecular weight excluding hydrogens is 892 g/mol. The van der Waals surface area contributed by atoms with Gasteiger partial charge in [0.25, 0.3) is 0 Å². The Balaban J connectivity index is 0.635. The van der Waals surface area contributed by atoms with Gasteiger partial charge in [0.15, 0.2) is 0 Å². The molecule has 0 unspecified atom stereocenters. The molecule has 6 aromatic rings. The van der Waals surface area contributed by atoms with Crippen LogP contribution in [0.15, 0.2) is 91.3 Å². The lowest BCUT2D eigenvalue weighted by atomic mass is 9.76. The lowest BCUT2D eigenvalue weighted by Gasteiger charge is -2.47. The van der Waals surface area contributed by atoms with E-state index in [1.807, 2.05) is 29.4 Å². The molecule has 3 aromatic carbocycles. The monoisotopic (exact) mass is 954 g/mol. The van der Waals surface area contributed by atoms with Crippen molar-refractivity contribution in [1.29, 1.82) is 5.26 Å². The van der Waals surface area contributed by atoms with E-state index in [0.29, 0.717) is 40.5 Å². The first-order valence-electron chi connectivity index (χ1n) is 25.8. The predicted octanol–water partition coefficient (Wildman–Crippen LogP) is 10.2. The lowest BCUT2D eigenvalue weighted by Crippen LogP contribution is -2.52. The number of carbonyl (C=O) groups excluding carboxylic acids is 1. The number of piperidine rings is 2. The Morgan fingerprint density at radius 2 is 1.56 bits per heavy atom. The number of fused-ring (bicyclic) bond motifs is 2. The highest BCUT2D eigenvalue weighted by atomic mass is 35.5. The Hall–Kier alpha value is -6.16. The zero-order valence-electron chi connectivity index (χ0n) is 40.6. The van der Waals surface area contributed by atoms with Crippen LogP contribution in [0, 0.1) is 28.6 Å². The summed E-state index contributed by atoms with van der Waals surface area (Å²) < 4.78 is 7.96. The lowest BCUT2D eigenvalue weighted by molar-refractivity contribution is -0.129. The van der Waals surface area contributed by atoms with E-state index in [0.717, 1.165) is 141 Å². The zero-order valence-corrected chi connectivity index (χ0v) is 41.3. The van der Waals surface area contributed by atoms with Gasteiger partial charge < -0.3 is 29.2 Å². The first-order chi connectivity index (χ1) is 34.2. The molecule has 6 aliphatic rings. The normalized spacial score (nSPS) is 21.1. The molecule has 1 atom stereocenters. The van der Waals surface area contributed by atoms with Crippen LogP contribution in [0.5, 0.6) is 0 Å². The van der Waals surface area contributed by atoms with Gasteiger partial charge in [-0.15, -0.1) is 0 Å². The van der Waals surface area contributed by atoms with Gasteiger partial charge in [-0.3, -0.25) is 14.5 Å². The van der Waals surface area contributed by atoms with Crippen molar-refractivity contribution in [2.75, 3.05) is 85.2 Å². The second-order valence-electron chi connectivity index (χ2n) is 21.2. The van der Waals surface area contributed by atoms with E-state index in [-0.39, 0.29) is 5.91 Å². The molecule has 9 heterocycles. The van der Waals surface area contributed by atoms with E-state index in [1.54, 1.807) is 6.92 Å². The number of hydrogen-bond acceptors (Lipinski definition) is 10. The summed E-state index contributed by atoms with van der Waals surface area (Å²) in [6.07, 6.45) is 12.7. The number of pyridine rings is 2. The van der Waals surface area contributed by atoms with Crippen LogP contribution in [-0.2, 0) is 22.5 Å². The molecule has 0 N–H and O–H groups in total. The molecule has 12 nitrogen and oxygen atoms in total. The smallest absolute Gasteiger partial charge is 0.219 e. The molecule has 1 amide bonds. The Morgan fingerprint density at radius 3 is 2.26 bits per heavy atom. The first kappa shape index (κ1) is 45.0. The van der Waals surface area contributed by atoms with Crippen molar-refractivity contribution < 1.29 is 9.53 Å². The minimum Gasteiger partial charge on any atom is -0.381 e. The molecule has 6 aliphatic heterocycles. The maximum absolute atomic E-state index is 12.5. The minimum absolute atomic E-state index is 0.104. The molecule has 0 bridgehead atoms. The highest BCUT2D eigenvalue weighted by Gasteiger charge is 2.44. The summed E-state index contributed by atoms with van der Waals surface area (Å²) in [6.45, 7) is 14.4. The highest BCUT2D eigenvalue weighted by molar-refractivity contribution is 6.32. The molecule has 5 saturated heterocycles. The summed E-state index contributed by atoms with van der Waals surface area (Å²) in [5, 5.41) is 17.4. The van der Waals surface area contributed by atoms with Crippen molar-refractivity contribution in [3.05, 3.63) is 113 Å². The van der Waals surface area contributed by atoms with Gasteiger partial charge >= 0.3 is 0 Å². The Kier molecular flexibility index (Phi) is 11.9. The quantitative estimate of drug-likeness (QED) is 0.146. The van der Waals surface area contributed by atoms with E-state index in [9.17, 15) is 10.1 Å². The Bertz CT molecular complexity index is 2940. The molecule has 0 radical (unpaired) electrons. The summed E-state index contributed by atoms with van der Waals surface area (Å²) in [5.74, 6) is 2.60. The Labute approximate surface area is 416 Å². The molecule has 1 spiro atoms. The van der Waals surface area contributed by atoms with Crippen LogP contribution >= 0.6 is 11.6 Å². The van der Waals surface area contributed by atoms with Crippen molar-refractivity contribution in [1.82, 2.24) is 24.6 Å². The molecule has 0 aliphatic carbocycles. The van der Waals surface area contributed by atoms with Crippen molar-refractivity contribution in [2.45, 2.75) is 83.8 Å². The van der Waals surface area contributed by atoms with Crippen LogP contribution in [0.25, 0.3) is 33.3 Å². The summed E-state index contributed by atoms with van der Waals surface area (Å²) in [4.78, 5) is 34.5. The fourth-order valence-corrected chi connectivity index (χ4v) is 13.2. The molecule has 12 rings (SSSR count). The molecule has 13 heteroatoms. The number of aromatic nitrogens is 4. The van der Waals surface area contributed by atoms with E-state index in [1.165, 1.54) is 49.2 Å². The van der Waals surface area contributed by atoms with E-state index < -0.39 is 0 Å². The van der Waals surface area contributed by atoms with Crippen LogP contribution in [0.4, 0.5) is 22.9 Å². The standard InChI is InChI=1S/C57H63ClN10O2/c1-38-30-57(37-67(38)48-8-6-42(31-59)52(58)29-48)19-24-64(25-20-57)46-11-9-45(10-12-46)63-21-14-40(15-22-63)44-34-66(35-44)55-13-7-43(32-61-55)53-28-41-4-3-5-49(50(41)33-60-53)56-51-36-65(39(2)69)23-16-54(51)68(62-56)47-17-26-70-27-18-47/h3-13,28-29,32-33,38,40,44,47H,14-27,30,34-37H2,1-2H3/t38-/m0/s1. The average Bonchev–Trinajstić information content (AvgIpc) is 3.93. The third-order valence-electron chi connectivity index (χ3n) is 17.1. The highest BCUT2D eigenvalue weighted by Crippen LogP contribution is 2.46. The number of ether oxygens (including phenoxy) is 1. The molecule has 5 fully saturated rings. The molecule has 360 valence electrons. The van der Waals surface area contributed by atoms with Gasteiger partial charge in [-0.05, 0) is 135 Å². The number of nitrogens with zero attached hydrogens (tertiary/aromatic N) is 10. The summed E-state index contributed by atoms with van der Waals surface area (Å²) in [6, 6.07) is 31.2. The second kappa shape index (κ2) is 18.5. The number of halogens is 1. The number of anilines is 4. The van der Waals surface area contributed by atoms with Crippen molar-refractivity contribution >= 4 is 51.2 Å². The topological polar surface area (TPSA) is 110 Å². The zero-order chi connectivity index (χ0) is 47.5. The molecule has 3 aromatic heterocycles. The molecule has 0 saturated carbocycles. The van der Waals surface area contributed by atoms with Gasteiger partial charge in [0.2, 0.25) is 5.91 Å². The van der Waals surface area contributed by atoms with Gasteiger partial charge in [0.05, 0.1) is 28.0 Å². The summed E-state index contributed by atoms with van der Waals surface area (Å²) >= 11 is 6.43. The first-order valence-corrected chi connectivity index (χ1v) is 26.2. The van der Waals surface area contributed by atoms with Crippen molar-refractivity contribution in [3.8, 4) is 28.6 Å². The number of amides is 1. The van der Waals surface area contributed by atoms with Gasteiger partial charge in [0.1, 0.15) is 11.9 Å². The van der Waals surface area contributed by atoms with Crippen molar-refractivity contribution in [3.63, 3.8) is 0 Å². The largest absolute Gasteiger partial charge is 0.381 e. The number of rotatable bonds is 8. The van der Waals surface area contributed by atoms with Gasteiger partial charge in [0, 0.05) is 149 Å². The van der Waals surface area contributed by atoms with Crippen LogP contribution in [0.2, 0.25) is 5.02 Å². The fraction of sp³-hybridized carbons (Fsp3) is 0.456. The number of benzene rings is 3. The maximum atomic E-state index is 12.5. The summed E-state index contributed by atoms with van der Waals surface area (Å²) in [5.41, 5.74) is 11.0. The van der Waals surface area contributed by atoms with Crippen LogP contribution in [-0.4, -0.2) is 102 Å². The number of nitriles is 1. The van der Waals surface area contributed by atoms with E-state index >= 15 is 0 Å². The fourth-order valence-electron chi connectivity index (χ4n) is 13.0. The predicted molar refractivity (Wildman–Crippen MR) is 279 cm³/mol. The van der Waals surface area contributed by atoms with E-state index in [4.69, 9.17) is 31.4 Å². The van der Waals surface area contributed by atoms with Crippen LogP contribution in [0.3, 0.4) is 0 Å². The third-order valence-corrected chi connectivity index (χ3v) is 17.5. The van der Waals surface area contributed by atoms with Crippen LogP contribution < -0.4 is 19.6 Å². The average molecular weight is 956 g/mol. The van der Waals surface area contributed by atoms with Gasteiger partial charge in [-0.1, -0.05) is 29.8 Å². The van der Waals surface area contributed by atoms with Gasteiger partial charge in [-0.25, -0.2) is 4.98 Å². The van der Waals surface area contributed by atoms with Crippen molar-refractivity contribution in [2.24, 2.45) is 17.3 Å². The molecule has 70 heavy (non-hydrogen) atoms. The molecular formula is C57H63ClN10O2. The number of carbonyl (C=O) groups is 1. The third kappa shape index (κ3) is 8.42. The Morgan fingerprint density at radius 1 is 0.814 bits per heavy atom. The second-order valence-corrected chi connectivity index (χ2v) is 21.6. The van der Waals surface area contributed by atoms with E-state index in [2.05, 4.69) is 104 Å². The maximum Gasteiger partial charge on any atom is 0.219 e. The SMILES string of the molecule is CC(=O)N1CCc2c(c(-c3cccc4cc(-c5ccc(N6CC(C7CCN(c8ccc(N9CCC%10(CC9)C[C@H](C)N(c9ccc(C#N)c(Cl)c9)C%10)cc8)CC7)C6)nc5)ncc34)nn2C2CCOCC2)C1. The summed E-state index contributed by atoms with van der Waals surface area (Å²) in [7, 11) is 0. The van der Waals surface area contributed by atoms with Gasteiger partial charge in [-0.2, -0.15) is 10.4 Å². The number of hydrogen-bond donors (Lipinski definition) is 0. The van der Waals surface area contributed by atoms with Crippen LogP contribution in [0.1, 0.15) is 81.7 Å².